The van der Waals surface area contributed by atoms with Crippen LogP contribution in [0.5, 0.6) is 0 Å². The van der Waals surface area contributed by atoms with Gasteiger partial charge in [0.05, 0.1) is 39.9 Å². The van der Waals surface area contributed by atoms with Crippen LogP contribution >= 0.6 is 7.82 Å². The van der Waals surface area contributed by atoms with E-state index in [0.717, 1.165) is 51.4 Å². The lowest BCUT2D eigenvalue weighted by molar-refractivity contribution is -0.870. The van der Waals surface area contributed by atoms with Gasteiger partial charge in [-0.05, 0) is 70.6 Å². The van der Waals surface area contributed by atoms with E-state index in [1.54, 1.807) is 0 Å². The van der Waals surface area contributed by atoms with Crippen molar-refractivity contribution in [2.24, 2.45) is 0 Å². The van der Waals surface area contributed by atoms with Gasteiger partial charge in [-0.2, -0.15) is 0 Å². The fraction of sp³-hybridized carbons (Fsp3) is 0.844. The molecule has 324 valence electrons. The van der Waals surface area contributed by atoms with Gasteiger partial charge in [-0.15, -0.1) is 0 Å². The first-order chi connectivity index (χ1) is 26.4. The lowest BCUT2D eigenvalue weighted by Crippen LogP contribution is -2.51. The van der Waals surface area contributed by atoms with Gasteiger partial charge >= 0.3 is 7.82 Å². The second-order valence-corrected chi connectivity index (χ2v) is 18.0. The molecule has 0 heterocycles. The van der Waals surface area contributed by atoms with Crippen molar-refractivity contribution in [3.8, 4) is 0 Å². The summed E-state index contributed by atoms with van der Waals surface area (Å²) in [7, 11) is 1.41. The van der Waals surface area contributed by atoms with Crippen LogP contribution in [0, 0.1) is 0 Å². The minimum absolute atomic E-state index is 0.0150. The number of amides is 1. The number of unbranched alkanes of at least 4 members (excludes halogenated alkanes) is 20. The molecule has 4 atom stereocenters. The predicted octanol–water partition coefficient (Wildman–Crippen LogP) is 11.3. The van der Waals surface area contributed by atoms with Crippen molar-refractivity contribution in [3.63, 3.8) is 0 Å². The summed E-state index contributed by atoms with van der Waals surface area (Å²) >= 11 is 0. The van der Waals surface area contributed by atoms with Gasteiger partial charge in [0.2, 0.25) is 5.91 Å². The zero-order valence-electron chi connectivity index (χ0n) is 36.3. The molecule has 0 aliphatic carbocycles. The van der Waals surface area contributed by atoms with Gasteiger partial charge in [0.15, 0.2) is 0 Å². The number of carbonyl (C=O) groups is 1. The second-order valence-electron chi connectivity index (χ2n) is 16.6. The number of allylic oxidation sites excluding steroid dienone is 6. The molecule has 1 amide bonds. The Morgan fingerprint density at radius 1 is 0.636 bits per heavy atom. The number of aliphatic hydroxyl groups excluding tert-OH is 2. The number of carbonyl (C=O) groups excluding carboxylic acids is 1. The van der Waals surface area contributed by atoms with E-state index in [4.69, 9.17) is 9.05 Å². The number of phosphoric acid groups is 1. The summed E-state index contributed by atoms with van der Waals surface area (Å²) in [6.07, 6.45) is 40.6. The fourth-order valence-electron chi connectivity index (χ4n) is 6.29. The van der Waals surface area contributed by atoms with Gasteiger partial charge in [-0.1, -0.05) is 147 Å². The normalized spacial score (nSPS) is 15.3. The maximum atomic E-state index is 12.9. The molecule has 0 aromatic rings. The fourth-order valence-corrected chi connectivity index (χ4v) is 7.03. The predicted molar refractivity (Wildman–Crippen MR) is 232 cm³/mol. The number of nitrogens with one attached hydrogen (secondary N) is 1. The van der Waals surface area contributed by atoms with Crippen LogP contribution in [0.1, 0.15) is 187 Å². The summed E-state index contributed by atoms with van der Waals surface area (Å²) in [5.41, 5.74) is 0. The Balaban J connectivity index is 4.50. The molecule has 0 saturated heterocycles. The Morgan fingerprint density at radius 3 is 1.60 bits per heavy atom. The van der Waals surface area contributed by atoms with Gasteiger partial charge < -0.3 is 24.9 Å². The van der Waals surface area contributed by atoms with Crippen LogP contribution in [0.15, 0.2) is 36.5 Å². The molecule has 0 saturated carbocycles. The number of hydrogen-bond donors (Lipinski definition) is 4. The Morgan fingerprint density at radius 2 is 1.07 bits per heavy atom. The highest BCUT2D eigenvalue weighted by Gasteiger charge is 2.31. The highest BCUT2D eigenvalue weighted by atomic mass is 31.2. The molecule has 55 heavy (non-hydrogen) atoms. The van der Waals surface area contributed by atoms with Crippen molar-refractivity contribution in [3.05, 3.63) is 36.5 Å². The molecule has 0 fully saturated rings. The van der Waals surface area contributed by atoms with E-state index in [-0.39, 0.29) is 18.9 Å². The van der Waals surface area contributed by atoms with Crippen molar-refractivity contribution in [2.45, 2.75) is 205 Å². The van der Waals surface area contributed by atoms with Crippen LogP contribution < -0.4 is 5.32 Å². The summed E-state index contributed by atoms with van der Waals surface area (Å²) in [6.45, 7) is 4.54. The number of aliphatic hydroxyl groups is 2. The highest BCUT2D eigenvalue weighted by Crippen LogP contribution is 2.43. The lowest BCUT2D eigenvalue weighted by Gasteiger charge is -2.28. The third-order valence-corrected chi connectivity index (χ3v) is 10.9. The Labute approximate surface area is 339 Å². The molecule has 0 rings (SSSR count). The zero-order chi connectivity index (χ0) is 40.9. The van der Waals surface area contributed by atoms with E-state index in [1.807, 2.05) is 21.1 Å². The maximum absolute atomic E-state index is 12.9. The number of rotatable bonds is 40. The average molecular weight is 800 g/mol. The van der Waals surface area contributed by atoms with Crippen LogP contribution in [-0.2, 0) is 18.4 Å². The maximum Gasteiger partial charge on any atom is 0.472 e. The average Bonchev–Trinajstić information content (AvgIpc) is 3.13. The highest BCUT2D eigenvalue weighted by molar-refractivity contribution is 7.47. The lowest BCUT2D eigenvalue weighted by atomic mass is 10.0. The van der Waals surface area contributed by atoms with Crippen molar-refractivity contribution in [2.75, 3.05) is 40.9 Å². The van der Waals surface area contributed by atoms with E-state index in [2.05, 4.69) is 55.6 Å². The molecule has 0 aromatic carbocycles. The Bertz CT molecular complexity index is 1010. The van der Waals surface area contributed by atoms with Gasteiger partial charge in [0, 0.05) is 6.42 Å². The van der Waals surface area contributed by atoms with E-state index < -0.39 is 32.7 Å². The third-order valence-electron chi connectivity index (χ3n) is 9.95. The largest absolute Gasteiger partial charge is 0.472 e. The number of nitrogens with zero attached hydrogens (tertiary/aromatic N) is 1. The minimum atomic E-state index is -4.42. The summed E-state index contributed by atoms with van der Waals surface area (Å²) in [5, 5.41) is 24.6. The number of quaternary nitrogens is 1. The van der Waals surface area contributed by atoms with E-state index in [1.165, 1.54) is 103 Å². The van der Waals surface area contributed by atoms with Crippen molar-refractivity contribution < 1.29 is 38.0 Å². The van der Waals surface area contributed by atoms with Crippen LogP contribution in [-0.4, -0.2) is 84.6 Å². The quantitative estimate of drug-likeness (QED) is 0.0210. The van der Waals surface area contributed by atoms with Gasteiger partial charge in [0.1, 0.15) is 19.3 Å². The monoisotopic (exact) mass is 800 g/mol. The van der Waals surface area contributed by atoms with Crippen molar-refractivity contribution in [1.29, 1.82) is 0 Å². The Hall–Kier alpha value is -1.32. The first-order valence-corrected chi connectivity index (χ1v) is 23.9. The molecule has 0 bridgehead atoms. The van der Waals surface area contributed by atoms with Gasteiger partial charge in [0.25, 0.3) is 0 Å². The smallest absolute Gasteiger partial charge is 0.390 e. The van der Waals surface area contributed by atoms with Crippen LogP contribution in [0.25, 0.3) is 0 Å². The molecule has 0 radical (unpaired) electrons. The van der Waals surface area contributed by atoms with E-state index in [0.29, 0.717) is 23.9 Å². The van der Waals surface area contributed by atoms with E-state index >= 15 is 0 Å². The van der Waals surface area contributed by atoms with Crippen molar-refractivity contribution >= 4 is 13.7 Å². The molecule has 9 nitrogen and oxygen atoms in total. The molecule has 4 unspecified atom stereocenters. The Kier molecular flexibility index (Phi) is 36.1. The number of likely N-dealkylation sites (N-methyl/N-ethyl adjacent to an activating group) is 1. The zero-order valence-corrected chi connectivity index (χ0v) is 37.2. The molecule has 4 N–H and O–H groups in total. The molecule has 0 aromatic heterocycles. The molecule has 0 spiro atoms. The summed E-state index contributed by atoms with van der Waals surface area (Å²) < 4.78 is 23.5. The van der Waals surface area contributed by atoms with Gasteiger partial charge in [-0.3, -0.25) is 13.8 Å². The first-order valence-electron chi connectivity index (χ1n) is 22.4. The number of hydrogen-bond acceptors (Lipinski definition) is 6. The summed E-state index contributed by atoms with van der Waals surface area (Å²) in [5.74, 6) is -0.274. The van der Waals surface area contributed by atoms with Gasteiger partial charge in [-0.25, -0.2) is 4.57 Å². The summed E-state index contributed by atoms with van der Waals surface area (Å²) in [4.78, 5) is 23.2. The number of phosphoric ester groups is 1. The van der Waals surface area contributed by atoms with Crippen molar-refractivity contribution in [1.82, 2.24) is 5.32 Å². The first kappa shape index (κ1) is 53.7. The molecular formula is C45H88N2O7P+. The van der Waals surface area contributed by atoms with Crippen LogP contribution in [0.4, 0.5) is 0 Å². The van der Waals surface area contributed by atoms with Crippen LogP contribution in [0.2, 0.25) is 0 Å². The molecule has 0 aliphatic heterocycles. The molecule has 10 heteroatoms. The minimum Gasteiger partial charge on any atom is -0.390 e. The topological polar surface area (TPSA) is 125 Å². The van der Waals surface area contributed by atoms with Crippen LogP contribution in [0.3, 0.4) is 0 Å². The summed E-state index contributed by atoms with van der Waals surface area (Å²) in [6, 6.07) is -1.05. The second kappa shape index (κ2) is 37.0. The standard InChI is InChI=1S/C45H87N2O7P/c1-6-8-10-12-14-16-18-20-21-22-23-24-25-26-28-30-32-34-36-38-44(49)46-42(41-54-55(51,52)53-40-39-47(3,4)5)45(50)43(48)37-35-33-31-29-27-19-17-15-13-11-9-7-2/h14,16,20-21,29,31,42-43,45,48,50H,6-13,15,17-19,22-28,30,32-41H2,1-5H3,(H-,46,49,51,52)/p+1/b16-14-,21-20-,31-29+. The third kappa shape index (κ3) is 38.0. The SMILES string of the molecule is CCCCC/C=C\C/C=C\CCCCCCCCCCCC(=O)NC(COP(=O)(O)OCC[N+](C)(C)C)C(O)C(O)CCC/C=C/CCCCCCCCC. The van der Waals surface area contributed by atoms with E-state index in [9.17, 15) is 24.5 Å². The molecule has 0 aliphatic rings. The molecular weight excluding hydrogens is 711 g/mol.